The van der Waals surface area contributed by atoms with Crippen molar-refractivity contribution in [3.8, 4) is 0 Å². The molecule has 0 N–H and O–H groups in total. The van der Waals surface area contributed by atoms with E-state index in [1.165, 1.54) is 19.1 Å². The minimum Gasteiger partial charge on any atom is -0.465 e. The summed E-state index contributed by atoms with van der Waals surface area (Å²) in [6.07, 6.45) is 2.46. The van der Waals surface area contributed by atoms with E-state index in [1.54, 1.807) is 0 Å². The van der Waals surface area contributed by atoms with Crippen molar-refractivity contribution >= 4 is 11.9 Å². The molecule has 5 heteroatoms. The minimum atomic E-state index is -1.19. The molecule has 1 fully saturated rings. The van der Waals surface area contributed by atoms with Crippen LogP contribution in [0.1, 0.15) is 32.6 Å². The molecule has 0 aromatic heterocycles. The molecule has 1 amide bonds. The molecule has 92 valence electrons. The Morgan fingerprint density at radius 1 is 1.38 bits per heavy atom. The molecule has 0 aromatic rings. The highest BCUT2D eigenvalue weighted by atomic mass is 16.6. The molecule has 0 aliphatic carbocycles. The van der Waals surface area contributed by atoms with Crippen LogP contribution in [0.5, 0.6) is 0 Å². The van der Waals surface area contributed by atoms with Crippen LogP contribution in [0, 0.1) is 0 Å². The number of esters is 1. The summed E-state index contributed by atoms with van der Waals surface area (Å²) >= 11 is 0. The second kappa shape index (κ2) is 5.30. The lowest BCUT2D eigenvalue weighted by Crippen LogP contribution is -2.55. The summed E-state index contributed by atoms with van der Waals surface area (Å²) in [4.78, 5) is 25.1. The van der Waals surface area contributed by atoms with Crippen LogP contribution < -0.4 is 0 Å². The molecule has 0 bridgehead atoms. The Bertz CT molecular complexity index is 279. The lowest BCUT2D eigenvalue weighted by Gasteiger charge is -2.34. The number of carbonyl (C=O) groups is 2. The molecule has 16 heavy (non-hydrogen) atoms. The van der Waals surface area contributed by atoms with Gasteiger partial charge >= 0.3 is 5.97 Å². The van der Waals surface area contributed by atoms with Gasteiger partial charge in [0.2, 0.25) is 11.6 Å². The van der Waals surface area contributed by atoms with Crippen LogP contribution in [0.25, 0.3) is 0 Å². The standard InChI is InChI=1S/C11H19NO4/c1-4-6-9(13)12-8-5-7-11(12,16-3)10(14)15-2/h4-8H2,1-3H3/t11-/m1/s1. The van der Waals surface area contributed by atoms with E-state index < -0.39 is 11.7 Å². The molecule has 1 atom stereocenters. The van der Waals surface area contributed by atoms with E-state index in [9.17, 15) is 9.59 Å². The summed E-state index contributed by atoms with van der Waals surface area (Å²) in [5, 5.41) is 0. The second-order valence-corrected chi connectivity index (χ2v) is 3.88. The lowest BCUT2D eigenvalue weighted by molar-refractivity contribution is -0.191. The lowest BCUT2D eigenvalue weighted by atomic mass is 10.1. The SMILES string of the molecule is CCCC(=O)N1CCC[C@@]1(OC)C(=O)OC. The molecule has 5 nitrogen and oxygen atoms in total. The number of carbonyl (C=O) groups excluding carboxylic acids is 2. The predicted molar refractivity (Wildman–Crippen MR) is 57.6 cm³/mol. The highest BCUT2D eigenvalue weighted by molar-refractivity contribution is 5.87. The van der Waals surface area contributed by atoms with E-state index in [4.69, 9.17) is 9.47 Å². The topological polar surface area (TPSA) is 55.8 Å². The van der Waals surface area contributed by atoms with Crippen molar-refractivity contribution in [2.75, 3.05) is 20.8 Å². The van der Waals surface area contributed by atoms with Gasteiger partial charge in [-0.15, -0.1) is 0 Å². The van der Waals surface area contributed by atoms with Gasteiger partial charge in [0, 0.05) is 26.5 Å². The second-order valence-electron chi connectivity index (χ2n) is 3.88. The van der Waals surface area contributed by atoms with E-state index in [0.29, 0.717) is 19.4 Å². The Morgan fingerprint density at radius 2 is 2.06 bits per heavy atom. The van der Waals surface area contributed by atoms with E-state index in [0.717, 1.165) is 12.8 Å². The van der Waals surface area contributed by atoms with E-state index >= 15 is 0 Å². The van der Waals surface area contributed by atoms with Crippen molar-refractivity contribution in [3.05, 3.63) is 0 Å². The Balaban J connectivity index is 2.90. The summed E-state index contributed by atoms with van der Waals surface area (Å²) in [6.45, 7) is 2.49. The molecule has 0 aromatic carbocycles. The molecule has 0 spiro atoms. The quantitative estimate of drug-likeness (QED) is 0.673. The van der Waals surface area contributed by atoms with Crippen molar-refractivity contribution in [2.45, 2.75) is 38.3 Å². The molecule has 0 unspecified atom stereocenters. The minimum absolute atomic E-state index is 0.0488. The number of amides is 1. The van der Waals surface area contributed by atoms with E-state index in [-0.39, 0.29) is 5.91 Å². The first kappa shape index (κ1) is 13.0. The van der Waals surface area contributed by atoms with E-state index in [2.05, 4.69) is 0 Å². The first-order chi connectivity index (χ1) is 7.62. The van der Waals surface area contributed by atoms with Gasteiger partial charge in [-0.2, -0.15) is 0 Å². The molecule has 1 saturated heterocycles. The van der Waals surface area contributed by atoms with Gasteiger partial charge in [-0.05, 0) is 12.8 Å². The first-order valence-corrected chi connectivity index (χ1v) is 5.56. The van der Waals surface area contributed by atoms with Crippen LogP contribution >= 0.6 is 0 Å². The largest absolute Gasteiger partial charge is 0.465 e. The van der Waals surface area contributed by atoms with Crippen LogP contribution in [0.3, 0.4) is 0 Å². The zero-order valence-corrected chi connectivity index (χ0v) is 10.1. The highest BCUT2D eigenvalue weighted by Gasteiger charge is 2.51. The number of hydrogen-bond donors (Lipinski definition) is 0. The number of rotatable bonds is 4. The average molecular weight is 229 g/mol. The summed E-state index contributed by atoms with van der Waals surface area (Å²) < 4.78 is 9.99. The van der Waals surface area contributed by atoms with Gasteiger partial charge in [0.1, 0.15) is 0 Å². The first-order valence-electron chi connectivity index (χ1n) is 5.56. The highest BCUT2D eigenvalue weighted by Crippen LogP contribution is 2.32. The maximum absolute atomic E-state index is 11.9. The maximum atomic E-state index is 11.9. The Labute approximate surface area is 95.7 Å². The molecule has 1 aliphatic rings. The Morgan fingerprint density at radius 3 is 2.56 bits per heavy atom. The summed E-state index contributed by atoms with van der Waals surface area (Å²) in [6, 6.07) is 0. The van der Waals surface area contributed by atoms with Crippen LogP contribution in [0.4, 0.5) is 0 Å². The van der Waals surface area contributed by atoms with E-state index in [1.807, 2.05) is 6.92 Å². The number of methoxy groups -OCH3 is 2. The van der Waals surface area contributed by atoms with Gasteiger partial charge in [-0.25, -0.2) is 4.79 Å². The monoisotopic (exact) mass is 229 g/mol. The van der Waals surface area contributed by atoms with Crippen molar-refractivity contribution in [3.63, 3.8) is 0 Å². The van der Waals surface area contributed by atoms with Crippen molar-refractivity contribution < 1.29 is 19.1 Å². The molecule has 1 aliphatic heterocycles. The third kappa shape index (κ3) is 2.04. The van der Waals surface area contributed by atoms with Gasteiger partial charge < -0.3 is 14.4 Å². The fourth-order valence-electron chi connectivity index (χ4n) is 2.13. The molecule has 1 rings (SSSR count). The molecule has 0 radical (unpaired) electrons. The summed E-state index contributed by atoms with van der Waals surface area (Å²) in [7, 11) is 2.75. The normalized spacial score (nSPS) is 24.6. The van der Waals surface area contributed by atoms with Crippen molar-refractivity contribution in [1.82, 2.24) is 4.90 Å². The molecular formula is C11H19NO4. The average Bonchev–Trinajstić information content (AvgIpc) is 2.73. The van der Waals surface area contributed by atoms with Gasteiger partial charge in [0.25, 0.3) is 0 Å². The van der Waals surface area contributed by atoms with Crippen molar-refractivity contribution in [2.24, 2.45) is 0 Å². The van der Waals surface area contributed by atoms with Crippen LogP contribution in [0.2, 0.25) is 0 Å². The fourth-order valence-corrected chi connectivity index (χ4v) is 2.13. The predicted octanol–water partition coefficient (Wildman–Crippen LogP) is 0.925. The molecule has 0 saturated carbocycles. The number of hydrogen-bond acceptors (Lipinski definition) is 4. The zero-order valence-electron chi connectivity index (χ0n) is 10.1. The third-order valence-electron chi connectivity index (χ3n) is 2.94. The van der Waals surface area contributed by atoms with Gasteiger partial charge in [0.15, 0.2) is 0 Å². The number of nitrogens with zero attached hydrogens (tertiary/aromatic N) is 1. The van der Waals surface area contributed by atoms with Crippen molar-refractivity contribution in [1.29, 1.82) is 0 Å². The Hall–Kier alpha value is -1.10. The third-order valence-corrected chi connectivity index (χ3v) is 2.94. The van der Waals surface area contributed by atoms with Gasteiger partial charge in [-0.1, -0.05) is 6.92 Å². The van der Waals surface area contributed by atoms with Crippen LogP contribution in [-0.2, 0) is 19.1 Å². The molecule has 1 heterocycles. The van der Waals surface area contributed by atoms with Gasteiger partial charge in [-0.3, -0.25) is 4.79 Å². The smallest absolute Gasteiger partial charge is 0.359 e. The molecular weight excluding hydrogens is 210 g/mol. The number of likely N-dealkylation sites (tertiary alicyclic amines) is 1. The van der Waals surface area contributed by atoms with Crippen LogP contribution in [0.15, 0.2) is 0 Å². The zero-order chi connectivity index (χ0) is 12.2. The Kier molecular flexibility index (Phi) is 4.29. The van der Waals surface area contributed by atoms with Gasteiger partial charge in [0.05, 0.1) is 7.11 Å². The summed E-state index contributed by atoms with van der Waals surface area (Å²) in [5.74, 6) is -0.538. The van der Waals surface area contributed by atoms with Crippen LogP contribution in [-0.4, -0.2) is 43.3 Å². The summed E-state index contributed by atoms with van der Waals surface area (Å²) in [5.41, 5.74) is -1.19. The fraction of sp³-hybridized carbons (Fsp3) is 0.818. The maximum Gasteiger partial charge on any atom is 0.359 e. The number of ether oxygens (including phenoxy) is 2.